The van der Waals surface area contributed by atoms with Gasteiger partial charge in [0.1, 0.15) is 0 Å². The number of aliphatic hydroxyl groups excluding tert-OH is 1. The van der Waals surface area contributed by atoms with Crippen LogP contribution in [0.3, 0.4) is 0 Å². The molecule has 2 fully saturated rings. The van der Waals surface area contributed by atoms with Crippen LogP contribution in [-0.2, 0) is 11.2 Å². The first-order chi connectivity index (χ1) is 10.2. The summed E-state index contributed by atoms with van der Waals surface area (Å²) in [6, 6.07) is 10.2. The van der Waals surface area contributed by atoms with Crippen LogP contribution in [0.1, 0.15) is 50.5 Å². The average Bonchev–Trinajstić information content (AvgIpc) is 2.46. The first kappa shape index (κ1) is 14.6. The molecule has 3 rings (SSSR count). The van der Waals surface area contributed by atoms with Gasteiger partial charge < -0.3 is 10.4 Å². The van der Waals surface area contributed by atoms with Gasteiger partial charge in [0.05, 0.1) is 17.6 Å². The van der Waals surface area contributed by atoms with Crippen molar-refractivity contribution in [1.82, 2.24) is 5.32 Å². The van der Waals surface area contributed by atoms with Gasteiger partial charge in [-0.05, 0) is 37.7 Å². The molecule has 1 amide bonds. The Bertz CT molecular complexity index is 481. The number of benzene rings is 1. The summed E-state index contributed by atoms with van der Waals surface area (Å²) in [5, 5.41) is 13.2. The Labute approximate surface area is 126 Å². The number of hydrogen-bond donors (Lipinski definition) is 2. The van der Waals surface area contributed by atoms with Gasteiger partial charge in [-0.1, -0.05) is 49.6 Å². The highest BCUT2D eigenvalue weighted by Gasteiger charge is 2.45. The molecule has 2 unspecified atom stereocenters. The molecule has 21 heavy (non-hydrogen) atoms. The van der Waals surface area contributed by atoms with Crippen LogP contribution in [0.5, 0.6) is 0 Å². The lowest BCUT2D eigenvalue weighted by Gasteiger charge is -2.42. The summed E-state index contributed by atoms with van der Waals surface area (Å²) < 4.78 is 0. The van der Waals surface area contributed by atoms with Crippen molar-refractivity contribution < 1.29 is 9.90 Å². The van der Waals surface area contributed by atoms with Crippen molar-refractivity contribution in [2.24, 2.45) is 5.41 Å². The molecule has 0 aromatic heterocycles. The van der Waals surface area contributed by atoms with E-state index in [1.54, 1.807) is 0 Å². The van der Waals surface area contributed by atoms with E-state index < -0.39 is 0 Å². The predicted molar refractivity (Wildman–Crippen MR) is 82.8 cm³/mol. The molecule has 0 bridgehead atoms. The maximum atomic E-state index is 12.7. The monoisotopic (exact) mass is 287 g/mol. The molecule has 3 heteroatoms. The second-order valence-corrected chi connectivity index (χ2v) is 6.73. The van der Waals surface area contributed by atoms with E-state index in [1.807, 2.05) is 18.2 Å². The van der Waals surface area contributed by atoms with E-state index in [0.717, 1.165) is 51.4 Å². The smallest absolute Gasteiger partial charge is 0.226 e. The highest BCUT2D eigenvalue weighted by atomic mass is 16.3. The molecule has 114 valence electrons. The van der Waals surface area contributed by atoms with Gasteiger partial charge in [-0.2, -0.15) is 0 Å². The Hall–Kier alpha value is -1.35. The van der Waals surface area contributed by atoms with Crippen molar-refractivity contribution >= 4 is 5.91 Å². The number of hydrogen-bond acceptors (Lipinski definition) is 2. The van der Waals surface area contributed by atoms with Gasteiger partial charge in [-0.15, -0.1) is 0 Å². The summed E-state index contributed by atoms with van der Waals surface area (Å²) in [7, 11) is 0. The SMILES string of the molecule is O=C(NC1CCCCC1O)C1(Cc2ccccc2)CCC1. The second kappa shape index (κ2) is 6.18. The summed E-state index contributed by atoms with van der Waals surface area (Å²) in [5.41, 5.74) is 0.995. The number of carbonyl (C=O) groups is 1. The molecule has 3 nitrogen and oxygen atoms in total. The first-order valence-corrected chi connectivity index (χ1v) is 8.23. The van der Waals surface area contributed by atoms with E-state index in [0.29, 0.717) is 0 Å². The van der Waals surface area contributed by atoms with Crippen molar-refractivity contribution in [2.75, 3.05) is 0 Å². The third-order valence-corrected chi connectivity index (χ3v) is 5.22. The fourth-order valence-corrected chi connectivity index (χ4v) is 3.68. The lowest BCUT2D eigenvalue weighted by molar-refractivity contribution is -0.138. The average molecular weight is 287 g/mol. The summed E-state index contributed by atoms with van der Waals surface area (Å²) in [6.07, 6.45) is 7.43. The largest absolute Gasteiger partial charge is 0.391 e. The minimum Gasteiger partial charge on any atom is -0.391 e. The normalized spacial score (nSPS) is 27.7. The minimum absolute atomic E-state index is 0.0421. The van der Waals surface area contributed by atoms with Gasteiger partial charge in [0.2, 0.25) is 5.91 Å². The summed E-state index contributed by atoms with van der Waals surface area (Å²) in [5.74, 6) is 0.156. The van der Waals surface area contributed by atoms with Gasteiger partial charge in [-0.25, -0.2) is 0 Å². The van der Waals surface area contributed by atoms with Gasteiger partial charge >= 0.3 is 0 Å². The number of amides is 1. The minimum atomic E-state index is -0.364. The fraction of sp³-hybridized carbons (Fsp3) is 0.611. The number of carbonyl (C=O) groups excluding carboxylic acids is 1. The lowest BCUT2D eigenvalue weighted by Crippen LogP contribution is -2.53. The number of rotatable bonds is 4. The third kappa shape index (κ3) is 3.13. The maximum absolute atomic E-state index is 12.7. The van der Waals surface area contributed by atoms with Crippen molar-refractivity contribution in [3.05, 3.63) is 35.9 Å². The summed E-state index contributed by atoms with van der Waals surface area (Å²) in [6.45, 7) is 0. The first-order valence-electron chi connectivity index (χ1n) is 8.23. The second-order valence-electron chi connectivity index (χ2n) is 6.73. The van der Waals surface area contributed by atoms with Crippen LogP contribution in [0.15, 0.2) is 30.3 Å². The van der Waals surface area contributed by atoms with Crippen LogP contribution < -0.4 is 5.32 Å². The van der Waals surface area contributed by atoms with Crippen molar-refractivity contribution in [1.29, 1.82) is 0 Å². The van der Waals surface area contributed by atoms with Gasteiger partial charge in [0, 0.05) is 0 Å². The van der Waals surface area contributed by atoms with Crippen molar-refractivity contribution in [2.45, 2.75) is 63.5 Å². The Kier molecular flexibility index (Phi) is 4.29. The zero-order valence-corrected chi connectivity index (χ0v) is 12.6. The van der Waals surface area contributed by atoms with E-state index in [1.165, 1.54) is 5.56 Å². The number of nitrogens with one attached hydrogen (secondary N) is 1. The predicted octanol–water partition coefficient (Wildman–Crippen LogP) is 2.82. The van der Waals surface area contributed by atoms with Gasteiger partial charge in [0.25, 0.3) is 0 Å². The van der Waals surface area contributed by atoms with E-state index in [4.69, 9.17) is 0 Å². The molecule has 2 aliphatic rings. The Balaban J connectivity index is 1.66. The Morgan fingerprint density at radius 3 is 2.48 bits per heavy atom. The molecule has 0 aliphatic heterocycles. The van der Waals surface area contributed by atoms with E-state index in [2.05, 4.69) is 17.4 Å². The highest BCUT2D eigenvalue weighted by Crippen LogP contribution is 2.44. The Morgan fingerprint density at radius 1 is 1.14 bits per heavy atom. The maximum Gasteiger partial charge on any atom is 0.226 e. The molecule has 0 spiro atoms. The van der Waals surface area contributed by atoms with Crippen LogP contribution in [0.2, 0.25) is 0 Å². The molecular weight excluding hydrogens is 262 g/mol. The van der Waals surface area contributed by atoms with Gasteiger partial charge in [-0.3, -0.25) is 4.79 Å². The third-order valence-electron chi connectivity index (χ3n) is 5.22. The molecule has 0 saturated heterocycles. The summed E-state index contributed by atoms with van der Waals surface area (Å²) in [4.78, 5) is 12.7. The molecule has 0 radical (unpaired) electrons. The van der Waals surface area contributed by atoms with Crippen molar-refractivity contribution in [3.8, 4) is 0 Å². The molecule has 2 atom stereocenters. The molecule has 1 aromatic rings. The van der Waals surface area contributed by atoms with Gasteiger partial charge in [0.15, 0.2) is 0 Å². The standard InChI is InChI=1S/C18H25NO2/c20-16-10-5-4-9-15(16)19-17(21)18(11-6-12-18)13-14-7-2-1-3-8-14/h1-3,7-8,15-16,20H,4-6,9-13H2,(H,19,21). The van der Waals surface area contributed by atoms with Crippen LogP contribution in [0, 0.1) is 5.41 Å². The zero-order valence-electron chi connectivity index (χ0n) is 12.6. The van der Waals surface area contributed by atoms with Crippen LogP contribution >= 0.6 is 0 Å². The topological polar surface area (TPSA) is 49.3 Å². The molecule has 2 N–H and O–H groups in total. The molecule has 0 heterocycles. The molecule has 2 saturated carbocycles. The van der Waals surface area contributed by atoms with E-state index in [9.17, 15) is 9.90 Å². The summed E-state index contributed by atoms with van der Waals surface area (Å²) >= 11 is 0. The molecular formula is C18H25NO2. The quantitative estimate of drug-likeness (QED) is 0.894. The highest BCUT2D eigenvalue weighted by molar-refractivity contribution is 5.84. The zero-order chi connectivity index (χ0) is 14.7. The molecule has 2 aliphatic carbocycles. The van der Waals surface area contributed by atoms with Crippen LogP contribution in [0.25, 0.3) is 0 Å². The van der Waals surface area contributed by atoms with E-state index in [-0.39, 0.29) is 23.5 Å². The fourth-order valence-electron chi connectivity index (χ4n) is 3.68. The Morgan fingerprint density at radius 2 is 1.86 bits per heavy atom. The van der Waals surface area contributed by atoms with Crippen molar-refractivity contribution in [3.63, 3.8) is 0 Å². The number of aliphatic hydroxyl groups is 1. The molecule has 1 aromatic carbocycles. The van der Waals surface area contributed by atoms with Crippen LogP contribution in [-0.4, -0.2) is 23.2 Å². The lowest BCUT2D eigenvalue weighted by atomic mass is 9.64. The van der Waals surface area contributed by atoms with E-state index >= 15 is 0 Å². The van der Waals surface area contributed by atoms with Crippen LogP contribution in [0.4, 0.5) is 0 Å².